The average Bonchev–Trinajstić information content (AvgIpc) is 2.90. The van der Waals surface area contributed by atoms with E-state index in [9.17, 15) is 4.79 Å². The van der Waals surface area contributed by atoms with E-state index in [1.165, 1.54) is 5.57 Å². The highest BCUT2D eigenvalue weighted by Gasteiger charge is 2.27. The number of para-hydroxylation sites is 2. The summed E-state index contributed by atoms with van der Waals surface area (Å²) in [6.45, 7) is 2.25. The molecule has 0 bridgehead atoms. The van der Waals surface area contributed by atoms with Crippen LogP contribution in [-0.2, 0) is 4.79 Å². The number of carbonyl (C=O) groups excluding carboxylic acids is 1. The van der Waals surface area contributed by atoms with E-state index in [-0.39, 0.29) is 12.5 Å². The number of rotatable bonds is 2. The number of fused-ring (bicyclic) bond motifs is 1. The second-order valence-electron chi connectivity index (χ2n) is 4.93. The lowest BCUT2D eigenvalue weighted by atomic mass is 10.2. The lowest BCUT2D eigenvalue weighted by Crippen LogP contribution is -2.42. The molecule has 3 rings (SSSR count). The molecule has 0 radical (unpaired) electrons. The molecule has 1 aliphatic heterocycles. The van der Waals surface area contributed by atoms with Crippen molar-refractivity contribution in [1.29, 1.82) is 0 Å². The van der Waals surface area contributed by atoms with Crippen molar-refractivity contribution in [3.63, 3.8) is 0 Å². The third-order valence-corrected chi connectivity index (χ3v) is 3.30. The van der Waals surface area contributed by atoms with Gasteiger partial charge in [-0.05, 0) is 38.0 Å². The molecular weight excluding hydrogens is 256 g/mol. The second kappa shape index (κ2) is 5.36. The van der Waals surface area contributed by atoms with Crippen LogP contribution < -0.4 is 14.9 Å². The molecular formula is C15H16N2O3. The van der Waals surface area contributed by atoms with Crippen molar-refractivity contribution < 1.29 is 14.3 Å². The van der Waals surface area contributed by atoms with E-state index in [1.807, 2.05) is 24.3 Å². The van der Waals surface area contributed by atoms with Gasteiger partial charge in [0, 0.05) is 0 Å². The van der Waals surface area contributed by atoms with Crippen LogP contribution in [0.4, 0.5) is 0 Å². The molecule has 1 aliphatic carbocycles. The highest BCUT2D eigenvalue weighted by Crippen LogP contribution is 2.30. The molecule has 0 fully saturated rings. The van der Waals surface area contributed by atoms with E-state index < -0.39 is 6.10 Å². The number of nitrogens with zero attached hydrogens (tertiary/aromatic N) is 1. The van der Waals surface area contributed by atoms with Crippen molar-refractivity contribution in [1.82, 2.24) is 5.43 Å². The third kappa shape index (κ3) is 2.66. The molecule has 104 valence electrons. The molecule has 0 aromatic heterocycles. The van der Waals surface area contributed by atoms with Gasteiger partial charge in [0.2, 0.25) is 6.10 Å². The summed E-state index contributed by atoms with van der Waals surface area (Å²) in [5, 5.41) is 4.11. The monoisotopic (exact) mass is 272 g/mol. The summed E-state index contributed by atoms with van der Waals surface area (Å²) in [6, 6.07) is 7.30. The van der Waals surface area contributed by atoms with Crippen molar-refractivity contribution in [2.24, 2.45) is 5.10 Å². The molecule has 1 aromatic rings. The van der Waals surface area contributed by atoms with E-state index in [0.717, 1.165) is 18.6 Å². The minimum atomic E-state index is -0.666. The number of allylic oxidation sites excluding steroid dienone is 2. The van der Waals surface area contributed by atoms with Crippen molar-refractivity contribution in [3.8, 4) is 11.5 Å². The van der Waals surface area contributed by atoms with Crippen molar-refractivity contribution in [2.75, 3.05) is 6.61 Å². The zero-order chi connectivity index (χ0) is 13.9. The van der Waals surface area contributed by atoms with Crippen LogP contribution in [0.5, 0.6) is 11.5 Å². The summed E-state index contributed by atoms with van der Waals surface area (Å²) in [5.74, 6) is 0.963. The van der Waals surface area contributed by atoms with E-state index in [1.54, 1.807) is 6.07 Å². The average molecular weight is 272 g/mol. The number of ether oxygens (including phenoxy) is 2. The minimum absolute atomic E-state index is 0.197. The first-order valence-corrected chi connectivity index (χ1v) is 6.64. The van der Waals surface area contributed by atoms with Gasteiger partial charge >= 0.3 is 0 Å². The van der Waals surface area contributed by atoms with Crippen LogP contribution in [0.2, 0.25) is 0 Å². The largest absolute Gasteiger partial charge is 0.485 e. The first-order chi connectivity index (χ1) is 9.72. The molecule has 5 heteroatoms. The Kier molecular flexibility index (Phi) is 3.41. The Labute approximate surface area is 117 Å². The smallest absolute Gasteiger partial charge is 0.284 e. The number of hydrogen-bond donors (Lipinski definition) is 1. The standard InChI is InChI=1S/C15H16N2O3/c1-10-6-7-11(8-10)16-17-15(18)14-9-19-12-4-2-3-5-13(12)20-14/h2-5,8,14H,6-7,9H2,1H3,(H,17,18)/b16-11+. The molecule has 1 atom stereocenters. The molecule has 0 spiro atoms. The summed E-state index contributed by atoms with van der Waals surface area (Å²) >= 11 is 0. The van der Waals surface area contributed by atoms with Gasteiger partial charge in [-0.25, -0.2) is 5.43 Å². The Morgan fingerprint density at radius 3 is 2.85 bits per heavy atom. The molecule has 1 heterocycles. The summed E-state index contributed by atoms with van der Waals surface area (Å²) in [5.41, 5.74) is 4.72. The van der Waals surface area contributed by atoms with Crippen molar-refractivity contribution in [2.45, 2.75) is 25.9 Å². The molecule has 2 aliphatic rings. The van der Waals surface area contributed by atoms with Crippen molar-refractivity contribution >= 4 is 11.6 Å². The maximum absolute atomic E-state index is 12.0. The highest BCUT2D eigenvalue weighted by molar-refractivity contribution is 5.98. The maximum Gasteiger partial charge on any atom is 0.284 e. The van der Waals surface area contributed by atoms with E-state index >= 15 is 0 Å². The van der Waals surface area contributed by atoms with Gasteiger partial charge in [-0.3, -0.25) is 4.79 Å². The second-order valence-corrected chi connectivity index (χ2v) is 4.93. The van der Waals surface area contributed by atoms with Gasteiger partial charge in [-0.2, -0.15) is 5.10 Å². The lowest BCUT2D eigenvalue weighted by Gasteiger charge is -2.24. The number of amides is 1. The van der Waals surface area contributed by atoms with Crippen LogP contribution >= 0.6 is 0 Å². The molecule has 1 aromatic carbocycles. The fourth-order valence-corrected chi connectivity index (χ4v) is 2.19. The molecule has 20 heavy (non-hydrogen) atoms. The van der Waals surface area contributed by atoms with Gasteiger partial charge in [0.1, 0.15) is 6.61 Å². The summed E-state index contributed by atoms with van der Waals surface area (Å²) in [7, 11) is 0. The zero-order valence-electron chi connectivity index (χ0n) is 11.3. The first kappa shape index (κ1) is 12.7. The quantitative estimate of drug-likeness (QED) is 0.838. The minimum Gasteiger partial charge on any atom is -0.485 e. The maximum atomic E-state index is 12.0. The van der Waals surface area contributed by atoms with Crippen LogP contribution in [0.1, 0.15) is 19.8 Å². The van der Waals surface area contributed by atoms with E-state index in [2.05, 4.69) is 17.5 Å². The molecule has 1 amide bonds. The van der Waals surface area contributed by atoms with E-state index in [0.29, 0.717) is 11.5 Å². The first-order valence-electron chi connectivity index (χ1n) is 6.64. The van der Waals surface area contributed by atoms with E-state index in [4.69, 9.17) is 9.47 Å². The van der Waals surface area contributed by atoms with Crippen LogP contribution in [-0.4, -0.2) is 24.3 Å². The van der Waals surface area contributed by atoms with Gasteiger partial charge in [-0.15, -0.1) is 0 Å². The van der Waals surface area contributed by atoms with Gasteiger partial charge in [0.25, 0.3) is 5.91 Å². The third-order valence-electron chi connectivity index (χ3n) is 3.30. The fraction of sp³-hybridized carbons (Fsp3) is 0.333. The Hall–Kier alpha value is -2.30. The zero-order valence-corrected chi connectivity index (χ0v) is 11.3. The Morgan fingerprint density at radius 2 is 2.10 bits per heavy atom. The highest BCUT2D eigenvalue weighted by atomic mass is 16.6. The fourth-order valence-electron chi connectivity index (χ4n) is 2.19. The topological polar surface area (TPSA) is 59.9 Å². The van der Waals surface area contributed by atoms with Gasteiger partial charge < -0.3 is 9.47 Å². The molecule has 1 unspecified atom stereocenters. The van der Waals surface area contributed by atoms with Gasteiger partial charge in [-0.1, -0.05) is 17.7 Å². The Balaban J connectivity index is 1.62. The predicted octanol–water partition coefficient (Wildman–Crippen LogP) is 2.04. The number of nitrogens with one attached hydrogen (secondary N) is 1. The molecule has 1 N–H and O–H groups in total. The Morgan fingerprint density at radius 1 is 1.30 bits per heavy atom. The van der Waals surface area contributed by atoms with Crippen LogP contribution in [0.15, 0.2) is 41.0 Å². The number of benzene rings is 1. The van der Waals surface area contributed by atoms with Crippen LogP contribution in [0.3, 0.4) is 0 Å². The summed E-state index contributed by atoms with van der Waals surface area (Å²) in [6.07, 6.45) is 3.20. The Bertz CT molecular complexity index is 593. The molecule has 0 saturated heterocycles. The SMILES string of the molecule is CC1=C/C(=N/NC(=O)C2COc3ccccc3O2)CC1. The summed E-state index contributed by atoms with van der Waals surface area (Å²) in [4.78, 5) is 12.0. The number of hydrazone groups is 1. The van der Waals surface area contributed by atoms with Crippen LogP contribution in [0.25, 0.3) is 0 Å². The molecule has 5 nitrogen and oxygen atoms in total. The number of carbonyl (C=O) groups is 1. The number of hydrogen-bond acceptors (Lipinski definition) is 4. The predicted molar refractivity (Wildman–Crippen MR) is 74.9 cm³/mol. The lowest BCUT2D eigenvalue weighted by molar-refractivity contribution is -0.130. The summed E-state index contributed by atoms with van der Waals surface area (Å²) < 4.78 is 11.1. The van der Waals surface area contributed by atoms with Gasteiger partial charge in [0.05, 0.1) is 5.71 Å². The normalized spacial score (nSPS) is 22.6. The molecule has 0 saturated carbocycles. The van der Waals surface area contributed by atoms with Crippen LogP contribution in [0, 0.1) is 0 Å². The van der Waals surface area contributed by atoms with Gasteiger partial charge in [0.15, 0.2) is 11.5 Å². The van der Waals surface area contributed by atoms with Crippen molar-refractivity contribution in [3.05, 3.63) is 35.9 Å².